The number of para-hydroxylation sites is 1. The molecule has 3 amide bonds. The molecule has 1 aliphatic rings. The largest absolute Gasteiger partial charge is 0.508 e. The number of urea groups is 1. The predicted molar refractivity (Wildman–Crippen MR) is 155 cm³/mol. The summed E-state index contributed by atoms with van der Waals surface area (Å²) < 4.78 is 5.82. The molecule has 4 rings (SSSR count). The van der Waals surface area contributed by atoms with Crippen LogP contribution in [0.25, 0.3) is 0 Å². The molecule has 0 spiro atoms. The second kappa shape index (κ2) is 12.7. The topological polar surface area (TPSA) is 117 Å². The van der Waals surface area contributed by atoms with Gasteiger partial charge in [-0.1, -0.05) is 24.3 Å². The average molecular weight is 546 g/mol. The van der Waals surface area contributed by atoms with Crippen molar-refractivity contribution in [2.75, 3.05) is 25.5 Å². The Kier molecular flexibility index (Phi) is 9.06. The summed E-state index contributed by atoms with van der Waals surface area (Å²) >= 11 is 0. The minimum atomic E-state index is -0.847. The van der Waals surface area contributed by atoms with Crippen molar-refractivity contribution in [1.82, 2.24) is 15.1 Å². The van der Waals surface area contributed by atoms with Gasteiger partial charge in [0.1, 0.15) is 24.0 Å². The van der Waals surface area contributed by atoms with E-state index in [4.69, 9.17) is 4.74 Å². The summed E-state index contributed by atoms with van der Waals surface area (Å²) in [6.45, 7) is 5.84. The van der Waals surface area contributed by atoms with Crippen LogP contribution in [0.4, 0.5) is 16.2 Å². The van der Waals surface area contributed by atoms with Crippen molar-refractivity contribution < 1.29 is 24.2 Å². The summed E-state index contributed by atoms with van der Waals surface area (Å²) in [4.78, 5) is 38.1. The number of carbonyl (C=O) groups is 3. The van der Waals surface area contributed by atoms with Crippen LogP contribution in [0.5, 0.6) is 5.75 Å². The number of esters is 1. The van der Waals surface area contributed by atoms with Crippen molar-refractivity contribution in [2.45, 2.75) is 45.3 Å². The summed E-state index contributed by atoms with van der Waals surface area (Å²) in [6, 6.07) is 19.8. The third-order valence-electron chi connectivity index (χ3n) is 7.19. The number of ether oxygens (including phenoxy) is 1. The molecule has 1 heterocycles. The SMILES string of the molecule is CCOC(=O)c1ccc(NC(=O)N[C@@H](Cc2ccc(O)cc2)C(=O)NC(C)CC[N+]2(C)Cc3ccccc32)cc1. The fraction of sp³-hybridized carbons (Fsp3) is 0.323. The zero-order valence-corrected chi connectivity index (χ0v) is 23.1. The Morgan fingerprint density at radius 1 is 0.975 bits per heavy atom. The summed E-state index contributed by atoms with van der Waals surface area (Å²) in [5, 5.41) is 18.2. The van der Waals surface area contributed by atoms with E-state index in [1.807, 2.05) is 6.92 Å². The number of fused-ring (bicyclic) bond motifs is 1. The fourth-order valence-corrected chi connectivity index (χ4v) is 4.94. The Morgan fingerprint density at radius 2 is 1.68 bits per heavy atom. The molecule has 0 saturated heterocycles. The van der Waals surface area contributed by atoms with Crippen LogP contribution in [0, 0.1) is 0 Å². The van der Waals surface area contributed by atoms with Gasteiger partial charge >= 0.3 is 12.0 Å². The van der Waals surface area contributed by atoms with Gasteiger partial charge in [0.15, 0.2) is 0 Å². The second-order valence-electron chi connectivity index (χ2n) is 10.4. The highest BCUT2D eigenvalue weighted by Crippen LogP contribution is 2.38. The molecular formula is C31H37N4O5+. The summed E-state index contributed by atoms with van der Waals surface area (Å²) in [6.07, 6.45) is 1.02. The van der Waals surface area contributed by atoms with Gasteiger partial charge in [-0.2, -0.15) is 0 Å². The molecule has 0 radical (unpaired) electrons. The van der Waals surface area contributed by atoms with Crippen LogP contribution in [-0.4, -0.2) is 55.3 Å². The third-order valence-corrected chi connectivity index (χ3v) is 7.19. The van der Waals surface area contributed by atoms with Gasteiger partial charge in [0.2, 0.25) is 5.91 Å². The monoisotopic (exact) mass is 545 g/mol. The Hall–Kier alpha value is -4.37. The zero-order valence-electron chi connectivity index (χ0n) is 23.1. The van der Waals surface area contributed by atoms with Gasteiger partial charge in [0, 0.05) is 24.6 Å². The molecule has 0 fully saturated rings. The lowest BCUT2D eigenvalue weighted by Gasteiger charge is -2.43. The molecule has 9 nitrogen and oxygen atoms in total. The number of amides is 3. The maximum absolute atomic E-state index is 13.3. The molecule has 0 aliphatic carbocycles. The molecule has 3 aromatic carbocycles. The number of nitrogens with one attached hydrogen (secondary N) is 3. The van der Waals surface area contributed by atoms with E-state index in [-0.39, 0.29) is 30.7 Å². The average Bonchev–Trinajstić information content (AvgIpc) is 2.92. The zero-order chi connectivity index (χ0) is 28.7. The number of nitrogens with zero attached hydrogens (tertiary/aromatic N) is 1. The van der Waals surface area contributed by atoms with Crippen molar-refractivity contribution in [3.63, 3.8) is 0 Å². The number of hydrogen-bond donors (Lipinski definition) is 4. The number of phenolic OH excluding ortho intramolecular Hbond substituents is 1. The summed E-state index contributed by atoms with van der Waals surface area (Å²) in [5.74, 6) is -0.604. The lowest BCUT2D eigenvalue weighted by molar-refractivity contribution is -0.123. The molecule has 0 bridgehead atoms. The van der Waals surface area contributed by atoms with Crippen molar-refractivity contribution in [3.8, 4) is 5.75 Å². The van der Waals surface area contributed by atoms with E-state index in [1.165, 1.54) is 11.3 Å². The van der Waals surface area contributed by atoms with Gasteiger partial charge in [-0.05, 0) is 67.9 Å². The van der Waals surface area contributed by atoms with Gasteiger partial charge in [-0.3, -0.25) is 9.28 Å². The molecule has 2 unspecified atom stereocenters. The van der Waals surface area contributed by atoms with Crippen LogP contribution < -0.4 is 20.4 Å². The minimum absolute atomic E-state index is 0.0992. The molecule has 3 aromatic rings. The highest BCUT2D eigenvalue weighted by molar-refractivity contribution is 5.95. The molecule has 9 heteroatoms. The van der Waals surface area contributed by atoms with E-state index >= 15 is 0 Å². The first kappa shape index (κ1) is 28.6. The minimum Gasteiger partial charge on any atom is -0.508 e. The Morgan fingerprint density at radius 3 is 2.35 bits per heavy atom. The summed E-state index contributed by atoms with van der Waals surface area (Å²) in [5.41, 5.74) is 4.32. The maximum Gasteiger partial charge on any atom is 0.338 e. The van der Waals surface area contributed by atoms with Crippen molar-refractivity contribution in [3.05, 3.63) is 89.5 Å². The van der Waals surface area contributed by atoms with Crippen molar-refractivity contribution in [1.29, 1.82) is 0 Å². The number of quaternary nitrogens is 1. The first-order valence-electron chi connectivity index (χ1n) is 13.5. The van der Waals surface area contributed by atoms with E-state index in [2.05, 4.69) is 47.3 Å². The lowest BCUT2D eigenvalue weighted by Crippen LogP contribution is -2.55. The number of benzene rings is 3. The number of rotatable bonds is 11. The van der Waals surface area contributed by atoms with Crippen LogP contribution in [0.3, 0.4) is 0 Å². The standard InChI is InChI=1S/C31H36N4O5/c1-4-40-30(38)23-11-13-25(14-12-23)33-31(39)34-27(19-22-9-15-26(36)16-10-22)29(37)32-21(2)17-18-35(3)20-24-7-5-6-8-28(24)35/h5-16,21,27H,4,17-20H2,1-3H3,(H3-,32,33,34,36,37,38,39)/p+1/t21?,27-,35?/m0/s1. The number of aromatic hydroxyl groups is 1. The van der Waals surface area contributed by atoms with Gasteiger partial charge in [-0.25, -0.2) is 9.59 Å². The molecule has 4 N–H and O–H groups in total. The lowest BCUT2D eigenvalue weighted by atomic mass is 9.99. The Balaban J connectivity index is 1.37. The maximum atomic E-state index is 13.3. The predicted octanol–water partition coefficient (Wildman–Crippen LogP) is 4.35. The third kappa shape index (κ3) is 7.18. The quantitative estimate of drug-likeness (QED) is 0.211. The van der Waals surface area contributed by atoms with E-state index in [0.29, 0.717) is 11.3 Å². The van der Waals surface area contributed by atoms with Gasteiger partial charge < -0.3 is 25.8 Å². The van der Waals surface area contributed by atoms with Crippen LogP contribution >= 0.6 is 0 Å². The smallest absolute Gasteiger partial charge is 0.338 e. The normalized spacial score (nSPS) is 17.0. The van der Waals surface area contributed by atoms with Gasteiger partial charge in [0.25, 0.3) is 0 Å². The second-order valence-corrected chi connectivity index (χ2v) is 10.4. The van der Waals surface area contributed by atoms with Gasteiger partial charge in [0.05, 0.1) is 31.3 Å². The van der Waals surface area contributed by atoms with Crippen LogP contribution in [0.1, 0.15) is 41.8 Å². The molecule has 3 atom stereocenters. The van der Waals surface area contributed by atoms with E-state index in [9.17, 15) is 19.5 Å². The first-order valence-corrected chi connectivity index (χ1v) is 13.5. The van der Waals surface area contributed by atoms with Crippen LogP contribution in [-0.2, 0) is 22.5 Å². The highest BCUT2D eigenvalue weighted by Gasteiger charge is 2.38. The molecule has 0 aromatic heterocycles. The first-order chi connectivity index (χ1) is 19.2. The van der Waals surface area contributed by atoms with Crippen LogP contribution in [0.2, 0.25) is 0 Å². The van der Waals surface area contributed by atoms with Crippen molar-refractivity contribution >= 4 is 29.3 Å². The molecule has 210 valence electrons. The fourth-order valence-electron chi connectivity index (χ4n) is 4.94. The molecule has 0 saturated carbocycles. The van der Waals surface area contributed by atoms with Crippen LogP contribution in [0.15, 0.2) is 72.8 Å². The highest BCUT2D eigenvalue weighted by atomic mass is 16.5. The van der Waals surface area contributed by atoms with Gasteiger partial charge in [-0.15, -0.1) is 0 Å². The van der Waals surface area contributed by atoms with E-state index in [0.717, 1.165) is 29.6 Å². The molecule has 1 aliphatic heterocycles. The Labute approximate surface area is 234 Å². The Bertz CT molecular complexity index is 1340. The number of hydrogen-bond acceptors (Lipinski definition) is 5. The van der Waals surface area contributed by atoms with Crippen molar-refractivity contribution in [2.24, 2.45) is 0 Å². The van der Waals surface area contributed by atoms with E-state index in [1.54, 1.807) is 55.5 Å². The number of anilines is 1. The molecule has 40 heavy (non-hydrogen) atoms. The van der Waals surface area contributed by atoms with E-state index < -0.39 is 18.0 Å². The molecular weight excluding hydrogens is 508 g/mol. The number of phenols is 1. The summed E-state index contributed by atoms with van der Waals surface area (Å²) in [7, 11) is 2.20. The number of carbonyl (C=O) groups excluding carboxylic acids is 3.